The van der Waals surface area contributed by atoms with Gasteiger partial charge in [-0.2, -0.15) is 13.2 Å². The number of benzene rings is 1. The van der Waals surface area contributed by atoms with Crippen LogP contribution < -0.4 is 5.73 Å². The van der Waals surface area contributed by atoms with Gasteiger partial charge >= 0.3 is 12.1 Å². The molecule has 2 aromatic rings. The highest BCUT2D eigenvalue weighted by Gasteiger charge is 2.30. The van der Waals surface area contributed by atoms with Crippen molar-refractivity contribution >= 4 is 16.9 Å². The minimum absolute atomic E-state index is 0.000143. The molecule has 0 aliphatic rings. The summed E-state index contributed by atoms with van der Waals surface area (Å²) in [5.41, 5.74) is 6.88. The van der Waals surface area contributed by atoms with Crippen LogP contribution in [-0.4, -0.2) is 34.9 Å². The Morgan fingerprint density at radius 2 is 2.14 bits per heavy atom. The van der Waals surface area contributed by atoms with Gasteiger partial charge in [0, 0.05) is 23.5 Å². The summed E-state index contributed by atoms with van der Waals surface area (Å²) in [5.74, 6) is -1.08. The third-order valence-corrected chi connectivity index (χ3v) is 2.87. The lowest BCUT2D eigenvalue weighted by Gasteiger charge is -2.12. The van der Waals surface area contributed by atoms with Gasteiger partial charge in [-0.1, -0.05) is 0 Å². The molecule has 114 valence electrons. The quantitative estimate of drug-likeness (QED) is 0.752. The first-order chi connectivity index (χ1) is 9.76. The van der Waals surface area contributed by atoms with Gasteiger partial charge < -0.3 is 20.6 Å². The third-order valence-electron chi connectivity index (χ3n) is 2.87. The Morgan fingerprint density at radius 1 is 1.43 bits per heavy atom. The fraction of sp³-hybridized carbons (Fsp3) is 0.308. The summed E-state index contributed by atoms with van der Waals surface area (Å²) in [6, 6.07) is 3.39. The first kappa shape index (κ1) is 15.2. The van der Waals surface area contributed by atoms with Crippen LogP contribution in [0.1, 0.15) is 5.56 Å². The van der Waals surface area contributed by atoms with E-state index in [1.54, 1.807) is 12.3 Å². The van der Waals surface area contributed by atoms with Crippen molar-refractivity contribution in [3.05, 3.63) is 30.0 Å². The predicted octanol–water partition coefficient (Wildman–Crippen LogP) is 1.85. The smallest absolute Gasteiger partial charge is 0.422 e. The zero-order valence-corrected chi connectivity index (χ0v) is 10.8. The van der Waals surface area contributed by atoms with Crippen molar-refractivity contribution in [1.29, 1.82) is 0 Å². The van der Waals surface area contributed by atoms with Crippen molar-refractivity contribution < 1.29 is 27.8 Å². The third kappa shape index (κ3) is 3.88. The SMILES string of the molecule is N[C@@H](Cc1c[nH]c2ccc(O)cc12)C(=O)OCC(F)(F)F. The molecule has 0 spiro atoms. The Labute approximate surface area is 117 Å². The zero-order valence-electron chi connectivity index (χ0n) is 10.8. The fourth-order valence-corrected chi connectivity index (χ4v) is 1.92. The number of carbonyl (C=O) groups excluding carboxylic acids is 1. The number of hydrogen-bond donors (Lipinski definition) is 3. The predicted molar refractivity (Wildman–Crippen MR) is 68.7 cm³/mol. The second-order valence-electron chi connectivity index (χ2n) is 4.58. The van der Waals surface area contributed by atoms with Gasteiger partial charge in [0.05, 0.1) is 0 Å². The standard InChI is InChI=1S/C13H13F3N2O3/c14-13(15,16)6-21-12(20)10(17)3-7-5-18-11-2-1-8(19)4-9(7)11/h1-2,4-5,10,18-19H,3,6,17H2/t10-/m0/s1. The van der Waals surface area contributed by atoms with Crippen LogP contribution in [0, 0.1) is 0 Å². The van der Waals surface area contributed by atoms with E-state index < -0.39 is 24.8 Å². The van der Waals surface area contributed by atoms with Crippen LogP contribution in [0.3, 0.4) is 0 Å². The second-order valence-corrected chi connectivity index (χ2v) is 4.58. The molecule has 1 aromatic heterocycles. The monoisotopic (exact) mass is 302 g/mol. The van der Waals surface area contributed by atoms with Crippen LogP contribution >= 0.6 is 0 Å². The van der Waals surface area contributed by atoms with Crippen LogP contribution in [0.2, 0.25) is 0 Å². The molecular weight excluding hydrogens is 289 g/mol. The molecule has 4 N–H and O–H groups in total. The first-order valence-corrected chi connectivity index (χ1v) is 6.04. The molecule has 0 amide bonds. The number of carbonyl (C=O) groups is 1. The molecule has 2 rings (SSSR count). The molecule has 21 heavy (non-hydrogen) atoms. The molecule has 5 nitrogen and oxygen atoms in total. The number of ether oxygens (including phenoxy) is 1. The van der Waals surface area contributed by atoms with E-state index in [9.17, 15) is 23.1 Å². The number of phenols is 1. The summed E-state index contributed by atoms with van der Waals surface area (Å²) >= 11 is 0. The van der Waals surface area contributed by atoms with Gasteiger partial charge in [-0.25, -0.2) is 0 Å². The summed E-state index contributed by atoms with van der Waals surface area (Å²) in [6.07, 6.45) is -3.00. The summed E-state index contributed by atoms with van der Waals surface area (Å²) in [7, 11) is 0. The topological polar surface area (TPSA) is 88.3 Å². The number of halogens is 3. The van der Waals surface area contributed by atoms with Crippen molar-refractivity contribution in [2.45, 2.75) is 18.6 Å². The Kier molecular flexibility index (Phi) is 4.08. The second kappa shape index (κ2) is 5.65. The maximum absolute atomic E-state index is 12.0. The maximum atomic E-state index is 12.0. The van der Waals surface area contributed by atoms with Gasteiger partial charge in [0.1, 0.15) is 11.8 Å². The molecule has 0 unspecified atom stereocenters. The van der Waals surface area contributed by atoms with E-state index in [2.05, 4.69) is 9.72 Å². The molecular formula is C13H13F3N2O3. The molecule has 0 aliphatic carbocycles. The number of alkyl halides is 3. The molecule has 1 aromatic carbocycles. The molecule has 0 saturated heterocycles. The molecule has 0 bridgehead atoms. The fourth-order valence-electron chi connectivity index (χ4n) is 1.92. The zero-order chi connectivity index (χ0) is 15.6. The Morgan fingerprint density at radius 3 is 2.81 bits per heavy atom. The number of aromatic amines is 1. The van der Waals surface area contributed by atoms with Crippen LogP contribution in [-0.2, 0) is 16.0 Å². The van der Waals surface area contributed by atoms with Crippen molar-refractivity contribution in [3.8, 4) is 5.75 Å². The van der Waals surface area contributed by atoms with Crippen LogP contribution in [0.25, 0.3) is 10.9 Å². The van der Waals surface area contributed by atoms with Gasteiger partial charge in [0.2, 0.25) is 0 Å². The Hall–Kier alpha value is -2.22. The minimum Gasteiger partial charge on any atom is -0.508 e. The van der Waals surface area contributed by atoms with Gasteiger partial charge in [0.25, 0.3) is 0 Å². The number of hydrogen-bond acceptors (Lipinski definition) is 4. The number of esters is 1. The average Bonchev–Trinajstić information content (AvgIpc) is 2.77. The lowest BCUT2D eigenvalue weighted by molar-refractivity contribution is -0.187. The number of H-pyrrole nitrogens is 1. The lowest BCUT2D eigenvalue weighted by atomic mass is 10.1. The summed E-state index contributed by atoms with van der Waals surface area (Å²) < 4.78 is 40.0. The van der Waals surface area contributed by atoms with E-state index in [1.807, 2.05) is 0 Å². The number of rotatable bonds is 4. The number of fused-ring (bicyclic) bond motifs is 1. The van der Waals surface area contributed by atoms with Gasteiger partial charge in [-0.05, 0) is 23.8 Å². The number of nitrogens with one attached hydrogen (secondary N) is 1. The van der Waals surface area contributed by atoms with Crippen LogP contribution in [0.4, 0.5) is 13.2 Å². The van der Waals surface area contributed by atoms with E-state index >= 15 is 0 Å². The normalized spacial score (nSPS) is 13.3. The highest BCUT2D eigenvalue weighted by molar-refractivity contribution is 5.85. The highest BCUT2D eigenvalue weighted by atomic mass is 19.4. The molecule has 1 heterocycles. The van der Waals surface area contributed by atoms with Crippen molar-refractivity contribution in [2.24, 2.45) is 5.73 Å². The Bertz CT molecular complexity index is 652. The molecule has 0 fully saturated rings. The first-order valence-electron chi connectivity index (χ1n) is 6.04. The average molecular weight is 302 g/mol. The molecule has 8 heteroatoms. The molecule has 1 atom stereocenters. The molecule has 0 aliphatic heterocycles. The number of aromatic hydroxyl groups is 1. The van der Waals surface area contributed by atoms with E-state index in [1.165, 1.54) is 12.1 Å². The van der Waals surface area contributed by atoms with Crippen LogP contribution in [0.5, 0.6) is 5.75 Å². The van der Waals surface area contributed by atoms with Crippen molar-refractivity contribution in [2.75, 3.05) is 6.61 Å². The number of nitrogens with two attached hydrogens (primary N) is 1. The van der Waals surface area contributed by atoms with Crippen molar-refractivity contribution in [3.63, 3.8) is 0 Å². The van der Waals surface area contributed by atoms with E-state index in [0.717, 1.165) is 5.52 Å². The largest absolute Gasteiger partial charge is 0.508 e. The van der Waals surface area contributed by atoms with Crippen molar-refractivity contribution in [1.82, 2.24) is 4.98 Å². The highest BCUT2D eigenvalue weighted by Crippen LogP contribution is 2.24. The Balaban J connectivity index is 2.05. The number of aromatic nitrogens is 1. The van der Waals surface area contributed by atoms with E-state index in [-0.39, 0.29) is 12.2 Å². The minimum atomic E-state index is -4.58. The van der Waals surface area contributed by atoms with E-state index in [4.69, 9.17) is 5.73 Å². The summed E-state index contributed by atoms with van der Waals surface area (Å²) in [4.78, 5) is 14.3. The number of phenolic OH excluding ortho intramolecular Hbond substituents is 1. The van der Waals surface area contributed by atoms with E-state index in [0.29, 0.717) is 10.9 Å². The van der Waals surface area contributed by atoms with Gasteiger partial charge in [0.15, 0.2) is 6.61 Å². The molecule has 0 saturated carbocycles. The summed E-state index contributed by atoms with van der Waals surface area (Å²) in [6.45, 7) is -1.66. The van der Waals surface area contributed by atoms with Gasteiger partial charge in [-0.15, -0.1) is 0 Å². The maximum Gasteiger partial charge on any atom is 0.422 e. The lowest BCUT2D eigenvalue weighted by Crippen LogP contribution is -2.36. The molecule has 0 radical (unpaired) electrons. The summed E-state index contributed by atoms with van der Waals surface area (Å²) in [5, 5.41) is 10.1. The van der Waals surface area contributed by atoms with Gasteiger partial charge in [-0.3, -0.25) is 4.79 Å². The van der Waals surface area contributed by atoms with Crippen LogP contribution in [0.15, 0.2) is 24.4 Å².